The Morgan fingerprint density at radius 2 is 1.97 bits per heavy atom. The Hall–Kier alpha value is -3.41. The van der Waals surface area contributed by atoms with Crippen molar-refractivity contribution in [3.63, 3.8) is 0 Å². The van der Waals surface area contributed by atoms with E-state index < -0.39 is 0 Å². The van der Waals surface area contributed by atoms with Crippen LogP contribution in [0.15, 0.2) is 64.3 Å². The summed E-state index contributed by atoms with van der Waals surface area (Å²) in [5, 5.41) is 2.98. The molecule has 0 aromatic heterocycles. The number of ether oxygens (including phenoxy) is 2. The first-order valence-corrected chi connectivity index (χ1v) is 10.0. The number of methoxy groups -OCH3 is 2. The van der Waals surface area contributed by atoms with Gasteiger partial charge in [0.05, 0.1) is 19.9 Å². The molecule has 6 heteroatoms. The van der Waals surface area contributed by atoms with Gasteiger partial charge in [-0.2, -0.15) is 0 Å². The molecule has 0 spiro atoms. The van der Waals surface area contributed by atoms with Crippen LogP contribution in [0.3, 0.4) is 0 Å². The molecule has 0 fully saturated rings. The largest absolute Gasteiger partial charge is 0.493 e. The molecule has 154 valence electrons. The highest BCUT2D eigenvalue weighted by molar-refractivity contribution is 6.13. The van der Waals surface area contributed by atoms with Crippen LogP contribution < -0.4 is 14.8 Å². The van der Waals surface area contributed by atoms with Crippen molar-refractivity contribution < 1.29 is 19.1 Å². The summed E-state index contributed by atoms with van der Waals surface area (Å²) in [7, 11) is 3.14. The van der Waals surface area contributed by atoms with Crippen molar-refractivity contribution in [3.8, 4) is 11.5 Å². The van der Waals surface area contributed by atoms with Gasteiger partial charge in [-0.15, -0.1) is 0 Å². The molecule has 1 aromatic carbocycles. The molecule has 30 heavy (non-hydrogen) atoms. The number of carbonyl (C=O) groups is 2. The number of benzene rings is 1. The van der Waals surface area contributed by atoms with Gasteiger partial charge in [-0.05, 0) is 67.2 Å². The molecule has 1 aliphatic heterocycles. The Morgan fingerprint density at radius 1 is 1.17 bits per heavy atom. The van der Waals surface area contributed by atoms with Crippen LogP contribution >= 0.6 is 0 Å². The lowest BCUT2D eigenvalue weighted by atomic mass is 9.77. The van der Waals surface area contributed by atoms with Crippen molar-refractivity contribution in [2.75, 3.05) is 14.2 Å². The summed E-state index contributed by atoms with van der Waals surface area (Å²) < 4.78 is 10.5. The van der Waals surface area contributed by atoms with E-state index in [0.29, 0.717) is 17.2 Å². The number of nitrogens with zero attached hydrogens (tertiary/aromatic N) is 1. The first kappa shape index (κ1) is 19.9. The average molecular weight is 404 g/mol. The third kappa shape index (κ3) is 3.99. The van der Waals surface area contributed by atoms with Crippen molar-refractivity contribution in [3.05, 3.63) is 64.9 Å². The molecular formula is C24H24N2O4. The van der Waals surface area contributed by atoms with Crippen molar-refractivity contribution in [2.45, 2.75) is 25.7 Å². The molecule has 1 N–H and O–H groups in total. The van der Waals surface area contributed by atoms with Crippen LogP contribution in [0, 0.1) is 5.92 Å². The lowest BCUT2D eigenvalue weighted by molar-refractivity contribution is -0.117. The van der Waals surface area contributed by atoms with E-state index in [1.54, 1.807) is 38.5 Å². The van der Waals surface area contributed by atoms with E-state index in [1.165, 1.54) is 11.6 Å². The Bertz CT molecular complexity index is 1040. The second-order valence-electron chi connectivity index (χ2n) is 7.42. The number of aliphatic imine (C=N–C) groups is 1. The third-order valence-electron chi connectivity index (χ3n) is 5.58. The molecule has 6 nitrogen and oxygen atoms in total. The molecule has 0 saturated carbocycles. The summed E-state index contributed by atoms with van der Waals surface area (Å²) in [5.74, 6) is 0.921. The molecule has 1 atom stereocenters. The molecule has 0 saturated heterocycles. The minimum absolute atomic E-state index is 0.0125. The van der Waals surface area contributed by atoms with Crippen molar-refractivity contribution in [1.82, 2.24) is 5.32 Å². The van der Waals surface area contributed by atoms with E-state index in [9.17, 15) is 9.59 Å². The van der Waals surface area contributed by atoms with Gasteiger partial charge in [-0.25, -0.2) is 4.99 Å². The van der Waals surface area contributed by atoms with Gasteiger partial charge in [0.25, 0.3) is 11.8 Å². The van der Waals surface area contributed by atoms with Gasteiger partial charge in [0, 0.05) is 23.3 Å². The molecule has 1 unspecified atom stereocenters. The Labute approximate surface area is 175 Å². The van der Waals surface area contributed by atoms with E-state index in [2.05, 4.69) is 10.3 Å². The summed E-state index contributed by atoms with van der Waals surface area (Å²) >= 11 is 0. The van der Waals surface area contributed by atoms with E-state index >= 15 is 0 Å². The van der Waals surface area contributed by atoms with Gasteiger partial charge in [-0.1, -0.05) is 12.1 Å². The highest BCUT2D eigenvalue weighted by atomic mass is 16.5. The molecule has 4 rings (SSSR count). The maximum atomic E-state index is 12.4. The fraction of sp³-hybridized carbons (Fsp3) is 0.292. The zero-order chi connectivity index (χ0) is 21.1. The summed E-state index contributed by atoms with van der Waals surface area (Å²) in [6, 6.07) is 5.40. The maximum absolute atomic E-state index is 12.4. The molecule has 2 aliphatic carbocycles. The number of nitrogens with one attached hydrogen (secondary N) is 1. The van der Waals surface area contributed by atoms with Crippen LogP contribution in [-0.4, -0.2) is 31.7 Å². The summed E-state index contributed by atoms with van der Waals surface area (Å²) in [6.07, 6.45) is 12.7. The van der Waals surface area contributed by atoms with Crippen molar-refractivity contribution >= 4 is 23.6 Å². The monoisotopic (exact) mass is 404 g/mol. The Morgan fingerprint density at radius 3 is 2.77 bits per heavy atom. The standard InChI is InChI=1S/C24H24N2O4/c1-29-21-11-7-15(13-22(21)30-2)8-12-23(27)25-16-9-10-18-17-5-3-4-6-19(17)24(28)26-20(18)14-16/h7-14,18H,3-6H2,1-2H3,(H,26,28)/b12-8-,25-16?. The number of hydrogen-bond donors (Lipinski definition) is 1. The molecule has 0 radical (unpaired) electrons. The summed E-state index contributed by atoms with van der Waals surface area (Å²) in [4.78, 5) is 28.9. The van der Waals surface area contributed by atoms with Gasteiger partial charge >= 0.3 is 0 Å². The molecule has 1 aromatic rings. The third-order valence-corrected chi connectivity index (χ3v) is 5.58. The van der Waals surface area contributed by atoms with Gasteiger partial charge in [-0.3, -0.25) is 9.59 Å². The minimum atomic E-state index is -0.376. The molecular weight excluding hydrogens is 380 g/mol. The first-order valence-electron chi connectivity index (χ1n) is 10.0. The highest BCUT2D eigenvalue weighted by Gasteiger charge is 2.32. The van der Waals surface area contributed by atoms with Gasteiger partial charge in [0.15, 0.2) is 11.5 Å². The van der Waals surface area contributed by atoms with E-state index in [4.69, 9.17) is 9.47 Å². The van der Waals surface area contributed by atoms with Gasteiger partial charge < -0.3 is 14.8 Å². The number of carbonyl (C=O) groups excluding carboxylic acids is 2. The molecule has 0 bridgehead atoms. The van der Waals surface area contributed by atoms with Crippen molar-refractivity contribution in [2.24, 2.45) is 10.9 Å². The zero-order valence-electron chi connectivity index (χ0n) is 17.1. The fourth-order valence-corrected chi connectivity index (χ4v) is 4.11. The summed E-state index contributed by atoms with van der Waals surface area (Å²) in [6.45, 7) is 0. The molecule has 1 heterocycles. The molecule has 2 amide bonds. The predicted octanol–water partition coefficient (Wildman–Crippen LogP) is 3.75. The number of allylic oxidation sites excluding steroid dienone is 3. The van der Waals surface area contributed by atoms with Crippen LogP contribution in [0.25, 0.3) is 6.08 Å². The minimum Gasteiger partial charge on any atom is -0.493 e. The normalized spacial score (nSPS) is 21.8. The van der Waals surface area contributed by atoms with Gasteiger partial charge in [0.2, 0.25) is 0 Å². The Balaban J connectivity index is 1.50. The molecule has 3 aliphatic rings. The van der Waals surface area contributed by atoms with E-state index in [0.717, 1.165) is 42.5 Å². The van der Waals surface area contributed by atoms with Crippen LogP contribution in [0.1, 0.15) is 31.2 Å². The zero-order valence-corrected chi connectivity index (χ0v) is 17.1. The SMILES string of the molecule is COc1ccc(/C=C\C(=O)N=C2C=CC3C(=C2)NC(=O)C2=C3CCCC2)cc1OC. The van der Waals surface area contributed by atoms with Crippen LogP contribution in [-0.2, 0) is 9.59 Å². The topological polar surface area (TPSA) is 77.0 Å². The predicted molar refractivity (Wildman–Crippen MR) is 115 cm³/mol. The first-order chi connectivity index (χ1) is 14.6. The van der Waals surface area contributed by atoms with Gasteiger partial charge in [0.1, 0.15) is 0 Å². The number of fused-ring (bicyclic) bond motifs is 2. The van der Waals surface area contributed by atoms with Crippen LogP contribution in [0.4, 0.5) is 0 Å². The number of amides is 2. The second-order valence-corrected chi connectivity index (χ2v) is 7.42. The summed E-state index contributed by atoms with van der Waals surface area (Å²) in [5.41, 5.74) is 4.28. The second kappa shape index (κ2) is 8.53. The maximum Gasteiger partial charge on any atom is 0.270 e. The quantitative estimate of drug-likeness (QED) is 0.776. The fourth-order valence-electron chi connectivity index (χ4n) is 4.11. The lowest BCUT2D eigenvalue weighted by Crippen LogP contribution is -2.37. The number of rotatable bonds is 4. The van der Waals surface area contributed by atoms with E-state index in [-0.39, 0.29) is 17.7 Å². The van der Waals surface area contributed by atoms with Crippen molar-refractivity contribution in [1.29, 1.82) is 0 Å². The smallest absolute Gasteiger partial charge is 0.270 e. The van der Waals surface area contributed by atoms with Crippen LogP contribution in [0.2, 0.25) is 0 Å². The lowest BCUT2D eigenvalue weighted by Gasteiger charge is -2.33. The highest BCUT2D eigenvalue weighted by Crippen LogP contribution is 2.38. The Kier molecular flexibility index (Phi) is 5.65. The number of hydrogen-bond acceptors (Lipinski definition) is 4. The van der Waals surface area contributed by atoms with Crippen LogP contribution in [0.5, 0.6) is 11.5 Å². The average Bonchev–Trinajstić information content (AvgIpc) is 2.77. The van der Waals surface area contributed by atoms with E-state index in [1.807, 2.05) is 18.2 Å².